The summed E-state index contributed by atoms with van der Waals surface area (Å²) < 4.78 is 4.95. The van der Waals surface area contributed by atoms with Crippen LogP contribution in [-0.4, -0.2) is 9.13 Å². The molecule has 0 saturated carbocycles. The second-order valence-electron chi connectivity index (χ2n) is 27.1. The van der Waals surface area contributed by atoms with Crippen molar-refractivity contribution in [3.8, 4) is 55.9 Å². The molecule has 0 spiro atoms. The standard InChI is InChI=1S/C76H80N2/c1-45-35-53(36-46(2)49(45)5)63-43-62(52-21-29-60(30-22-52)78-71-33-25-57(75(13,14)15)41-67(71)68-42-58(76(16,17)18)26-34-72(68)78)64(54-37-47(3)50(6)48(4)38-54)44-61(63)51-19-27-59(28-20-51)77-69-31-23-55(73(7,8)9)39-65(69)66-40-56(74(10,11)12)24-32-70(66)77/h19-44H,1-18H3. The lowest BCUT2D eigenvalue weighted by atomic mass is 9.83. The van der Waals surface area contributed by atoms with Crippen molar-refractivity contribution in [3.05, 3.63) is 213 Å². The first kappa shape index (κ1) is 52.6. The summed E-state index contributed by atoms with van der Waals surface area (Å²) in [5.74, 6) is 0. The van der Waals surface area contributed by atoms with Gasteiger partial charge in [0.15, 0.2) is 0 Å². The van der Waals surface area contributed by atoms with Gasteiger partial charge in [-0.3, -0.25) is 0 Å². The zero-order valence-corrected chi connectivity index (χ0v) is 49.9. The molecule has 0 bridgehead atoms. The van der Waals surface area contributed by atoms with Gasteiger partial charge in [0.25, 0.3) is 0 Å². The lowest BCUT2D eigenvalue weighted by Gasteiger charge is -2.21. The smallest absolute Gasteiger partial charge is 0.0541 e. The van der Waals surface area contributed by atoms with E-state index in [-0.39, 0.29) is 21.7 Å². The first-order valence-electron chi connectivity index (χ1n) is 28.4. The van der Waals surface area contributed by atoms with Crippen molar-refractivity contribution in [2.45, 2.75) is 146 Å². The van der Waals surface area contributed by atoms with E-state index in [9.17, 15) is 0 Å². The van der Waals surface area contributed by atoms with Crippen molar-refractivity contribution in [1.82, 2.24) is 9.13 Å². The molecular weight excluding hydrogens is 941 g/mol. The molecule has 394 valence electrons. The van der Waals surface area contributed by atoms with Crippen molar-refractivity contribution in [1.29, 1.82) is 0 Å². The Morgan fingerprint density at radius 2 is 0.474 bits per heavy atom. The molecule has 0 amide bonds. The molecule has 2 aromatic heterocycles. The molecule has 2 heteroatoms. The molecule has 0 aliphatic carbocycles. The molecule has 0 atom stereocenters. The Kier molecular flexibility index (Phi) is 12.6. The highest BCUT2D eigenvalue weighted by Crippen LogP contribution is 2.46. The van der Waals surface area contributed by atoms with Gasteiger partial charge in [-0.1, -0.05) is 156 Å². The first-order chi connectivity index (χ1) is 36.6. The summed E-state index contributed by atoms with van der Waals surface area (Å²) in [4.78, 5) is 0. The van der Waals surface area contributed by atoms with E-state index in [4.69, 9.17) is 0 Å². The Hall–Kier alpha value is -7.42. The number of hydrogen-bond donors (Lipinski definition) is 0. The van der Waals surface area contributed by atoms with Crippen LogP contribution >= 0.6 is 0 Å². The van der Waals surface area contributed by atoms with Crippen molar-refractivity contribution >= 4 is 43.6 Å². The van der Waals surface area contributed by atoms with Gasteiger partial charge in [-0.05, 0) is 248 Å². The first-order valence-corrected chi connectivity index (χ1v) is 28.4. The third-order valence-electron chi connectivity index (χ3n) is 17.5. The molecule has 78 heavy (non-hydrogen) atoms. The van der Waals surface area contributed by atoms with Crippen LogP contribution in [0.4, 0.5) is 0 Å². The van der Waals surface area contributed by atoms with E-state index in [1.54, 1.807) is 0 Å². The van der Waals surface area contributed by atoms with Crippen molar-refractivity contribution < 1.29 is 0 Å². The Balaban J connectivity index is 1.11. The predicted octanol–water partition coefficient (Wildman–Crippen LogP) is 21.6. The van der Waals surface area contributed by atoms with Crippen LogP contribution in [0.1, 0.15) is 139 Å². The number of fused-ring (bicyclic) bond motifs is 6. The molecule has 0 aliphatic rings. The SMILES string of the molecule is Cc1cc(-c2cc(-c3ccc(-n4c5ccc(C(C)(C)C)cc5c5cc(C(C)(C)C)ccc54)cc3)c(-c3cc(C)c(C)c(C)c3)cc2-c2ccc(-n3c4ccc(C(C)(C)C)cc4c4cc(C(C)(C)C)ccc43)cc2)cc(C)c1C. The Bertz CT molecular complexity index is 3730. The molecule has 11 rings (SSSR count). The number of benzene rings is 9. The fourth-order valence-corrected chi connectivity index (χ4v) is 12.0. The van der Waals surface area contributed by atoms with Crippen LogP contribution < -0.4 is 0 Å². The maximum absolute atomic E-state index is 2.50. The molecule has 0 saturated heterocycles. The Labute approximate surface area is 465 Å². The van der Waals surface area contributed by atoms with Gasteiger partial charge >= 0.3 is 0 Å². The fraction of sp³-hybridized carbons (Fsp3) is 0.289. The van der Waals surface area contributed by atoms with Gasteiger partial charge in [0.2, 0.25) is 0 Å². The van der Waals surface area contributed by atoms with Crippen LogP contribution in [0.2, 0.25) is 0 Å². The molecule has 0 N–H and O–H groups in total. The van der Waals surface area contributed by atoms with E-state index in [0.29, 0.717) is 0 Å². The van der Waals surface area contributed by atoms with Gasteiger partial charge in [0, 0.05) is 32.9 Å². The number of rotatable bonds is 6. The summed E-state index contributed by atoms with van der Waals surface area (Å²) in [6.07, 6.45) is 0. The van der Waals surface area contributed by atoms with Gasteiger partial charge in [0.05, 0.1) is 22.1 Å². The summed E-state index contributed by atoms with van der Waals surface area (Å²) in [7, 11) is 0. The molecule has 0 fully saturated rings. The molecule has 0 unspecified atom stereocenters. The highest BCUT2D eigenvalue weighted by atomic mass is 15.0. The van der Waals surface area contributed by atoms with E-state index in [1.165, 1.54) is 144 Å². The largest absolute Gasteiger partial charge is 0.309 e. The Morgan fingerprint density at radius 1 is 0.244 bits per heavy atom. The lowest BCUT2D eigenvalue weighted by Crippen LogP contribution is -2.10. The normalized spacial score (nSPS) is 12.7. The summed E-state index contributed by atoms with van der Waals surface area (Å²) in [6.45, 7) is 41.3. The van der Waals surface area contributed by atoms with Gasteiger partial charge in [-0.25, -0.2) is 0 Å². The number of hydrogen-bond acceptors (Lipinski definition) is 0. The average Bonchev–Trinajstić information content (AvgIpc) is 4.13. The van der Waals surface area contributed by atoms with Gasteiger partial charge in [-0.2, -0.15) is 0 Å². The van der Waals surface area contributed by atoms with E-state index in [0.717, 1.165) is 11.4 Å². The summed E-state index contributed by atoms with van der Waals surface area (Å²) in [6, 6.07) is 61.8. The van der Waals surface area contributed by atoms with Gasteiger partial charge in [-0.15, -0.1) is 0 Å². The predicted molar refractivity (Wildman–Crippen MR) is 340 cm³/mol. The molecule has 2 heterocycles. The van der Waals surface area contributed by atoms with E-state index < -0.39 is 0 Å². The summed E-state index contributed by atoms with van der Waals surface area (Å²) in [5, 5.41) is 5.21. The van der Waals surface area contributed by atoms with Crippen molar-refractivity contribution in [3.63, 3.8) is 0 Å². The van der Waals surface area contributed by atoms with Crippen LogP contribution in [-0.2, 0) is 21.7 Å². The second-order valence-corrected chi connectivity index (χ2v) is 27.1. The fourth-order valence-electron chi connectivity index (χ4n) is 12.0. The summed E-state index contributed by atoms with van der Waals surface area (Å²) >= 11 is 0. The topological polar surface area (TPSA) is 9.86 Å². The highest BCUT2D eigenvalue weighted by molar-refractivity contribution is 6.11. The van der Waals surface area contributed by atoms with Crippen LogP contribution in [0.15, 0.2) is 158 Å². The average molecular weight is 1020 g/mol. The van der Waals surface area contributed by atoms with Crippen LogP contribution in [0.3, 0.4) is 0 Å². The second kappa shape index (κ2) is 18.6. The van der Waals surface area contributed by atoms with E-state index >= 15 is 0 Å². The Morgan fingerprint density at radius 3 is 0.705 bits per heavy atom. The van der Waals surface area contributed by atoms with Gasteiger partial charge in [0.1, 0.15) is 0 Å². The molecule has 9 aromatic carbocycles. The van der Waals surface area contributed by atoms with Crippen molar-refractivity contribution in [2.24, 2.45) is 0 Å². The minimum absolute atomic E-state index is 0.0352. The number of nitrogens with zero attached hydrogens (tertiary/aromatic N) is 2. The minimum Gasteiger partial charge on any atom is -0.309 e. The van der Waals surface area contributed by atoms with Crippen LogP contribution in [0, 0.1) is 41.5 Å². The van der Waals surface area contributed by atoms with Crippen molar-refractivity contribution in [2.75, 3.05) is 0 Å². The molecule has 11 aromatic rings. The van der Waals surface area contributed by atoms with Crippen LogP contribution in [0.25, 0.3) is 99.5 Å². The van der Waals surface area contributed by atoms with Crippen LogP contribution in [0.5, 0.6) is 0 Å². The minimum atomic E-state index is 0.0352. The maximum Gasteiger partial charge on any atom is 0.0541 e. The maximum atomic E-state index is 2.50. The summed E-state index contributed by atoms with van der Waals surface area (Å²) in [5.41, 5.74) is 30.4. The van der Waals surface area contributed by atoms with Gasteiger partial charge < -0.3 is 9.13 Å². The number of aromatic nitrogens is 2. The van der Waals surface area contributed by atoms with E-state index in [2.05, 4.69) is 291 Å². The highest BCUT2D eigenvalue weighted by Gasteiger charge is 2.25. The quantitative estimate of drug-likeness (QED) is 0.157. The van der Waals surface area contributed by atoms with E-state index in [1.807, 2.05) is 0 Å². The number of aryl methyl sites for hydroxylation is 4. The zero-order chi connectivity index (χ0) is 55.7. The monoisotopic (exact) mass is 1020 g/mol. The molecule has 0 radical (unpaired) electrons. The lowest BCUT2D eigenvalue weighted by molar-refractivity contribution is 0.590. The molecule has 2 nitrogen and oxygen atoms in total. The third kappa shape index (κ3) is 9.19. The zero-order valence-electron chi connectivity index (χ0n) is 49.9. The third-order valence-corrected chi connectivity index (χ3v) is 17.5. The molecule has 0 aliphatic heterocycles. The molecular formula is C76H80N2.